The first-order valence-corrected chi connectivity index (χ1v) is 5.28. The van der Waals surface area contributed by atoms with Crippen molar-refractivity contribution in [3.63, 3.8) is 0 Å². The van der Waals surface area contributed by atoms with E-state index < -0.39 is 0 Å². The Kier molecular flexibility index (Phi) is 2.73. The van der Waals surface area contributed by atoms with Gasteiger partial charge in [0.1, 0.15) is 0 Å². The van der Waals surface area contributed by atoms with Gasteiger partial charge in [-0.2, -0.15) is 0 Å². The first-order valence-electron chi connectivity index (χ1n) is 5.28. The van der Waals surface area contributed by atoms with Gasteiger partial charge in [-0.25, -0.2) is 0 Å². The highest BCUT2D eigenvalue weighted by atomic mass is 16.5. The normalized spacial score (nSPS) is 10.5. The number of aryl methyl sites for hydroxylation is 2. The predicted molar refractivity (Wildman–Crippen MR) is 66.5 cm³/mol. The zero-order chi connectivity index (χ0) is 11.7. The quantitative estimate of drug-likeness (QED) is 0.765. The standard InChI is InChI=1S/C14H16O2/c1-9-5-10(2)12-8-14(16-4)13(15-3)7-11(12)6-9/h5-8H,1-4H3. The Morgan fingerprint density at radius 2 is 1.44 bits per heavy atom. The highest BCUT2D eigenvalue weighted by Gasteiger charge is 2.07. The van der Waals surface area contributed by atoms with Crippen molar-refractivity contribution in [1.29, 1.82) is 0 Å². The third-order valence-corrected chi connectivity index (χ3v) is 2.81. The lowest BCUT2D eigenvalue weighted by molar-refractivity contribution is 0.356. The fraction of sp³-hybridized carbons (Fsp3) is 0.286. The van der Waals surface area contributed by atoms with Crippen LogP contribution >= 0.6 is 0 Å². The maximum atomic E-state index is 5.30. The fourth-order valence-electron chi connectivity index (χ4n) is 2.06. The molecule has 0 fully saturated rings. The second kappa shape index (κ2) is 4.05. The molecule has 0 saturated carbocycles. The summed E-state index contributed by atoms with van der Waals surface area (Å²) in [6, 6.07) is 8.38. The van der Waals surface area contributed by atoms with Gasteiger partial charge in [-0.3, -0.25) is 0 Å². The van der Waals surface area contributed by atoms with Crippen LogP contribution in [-0.2, 0) is 0 Å². The Morgan fingerprint density at radius 3 is 2.06 bits per heavy atom. The van der Waals surface area contributed by atoms with E-state index in [2.05, 4.69) is 26.0 Å². The molecule has 0 saturated heterocycles. The summed E-state index contributed by atoms with van der Waals surface area (Å²) in [5.41, 5.74) is 2.52. The largest absolute Gasteiger partial charge is 0.493 e. The van der Waals surface area contributed by atoms with Crippen LogP contribution < -0.4 is 9.47 Å². The Morgan fingerprint density at radius 1 is 0.812 bits per heavy atom. The molecule has 0 unspecified atom stereocenters. The van der Waals surface area contributed by atoms with Crippen LogP contribution in [0.4, 0.5) is 0 Å². The second-order valence-electron chi connectivity index (χ2n) is 4.01. The van der Waals surface area contributed by atoms with Crippen molar-refractivity contribution in [3.05, 3.63) is 35.4 Å². The zero-order valence-corrected chi connectivity index (χ0v) is 10.1. The lowest BCUT2D eigenvalue weighted by Gasteiger charge is -2.11. The van der Waals surface area contributed by atoms with Crippen LogP contribution in [0.3, 0.4) is 0 Å². The Bertz CT molecular complexity index is 530. The summed E-state index contributed by atoms with van der Waals surface area (Å²) in [6.45, 7) is 4.21. The summed E-state index contributed by atoms with van der Waals surface area (Å²) in [4.78, 5) is 0. The van der Waals surface area contributed by atoms with Crippen molar-refractivity contribution < 1.29 is 9.47 Å². The van der Waals surface area contributed by atoms with E-state index >= 15 is 0 Å². The average molecular weight is 216 g/mol. The van der Waals surface area contributed by atoms with E-state index in [0.29, 0.717) is 0 Å². The molecule has 0 aliphatic carbocycles. The van der Waals surface area contributed by atoms with E-state index in [0.717, 1.165) is 11.5 Å². The predicted octanol–water partition coefficient (Wildman–Crippen LogP) is 3.47. The summed E-state index contributed by atoms with van der Waals surface area (Å²) >= 11 is 0. The first-order chi connectivity index (χ1) is 7.65. The monoisotopic (exact) mass is 216 g/mol. The molecule has 0 spiro atoms. The van der Waals surface area contributed by atoms with Crippen molar-refractivity contribution in [3.8, 4) is 11.5 Å². The number of fused-ring (bicyclic) bond motifs is 1. The van der Waals surface area contributed by atoms with E-state index in [1.165, 1.54) is 21.9 Å². The molecule has 2 aromatic rings. The van der Waals surface area contributed by atoms with Crippen LogP contribution in [0.25, 0.3) is 10.8 Å². The van der Waals surface area contributed by atoms with E-state index in [1.54, 1.807) is 14.2 Å². The SMILES string of the molecule is COc1cc2cc(C)cc(C)c2cc1OC. The minimum atomic E-state index is 0.778. The van der Waals surface area contributed by atoms with Gasteiger partial charge in [-0.15, -0.1) is 0 Å². The van der Waals surface area contributed by atoms with Crippen LogP contribution in [0.15, 0.2) is 24.3 Å². The van der Waals surface area contributed by atoms with Crippen LogP contribution in [0.2, 0.25) is 0 Å². The van der Waals surface area contributed by atoms with Gasteiger partial charge in [-0.1, -0.05) is 17.7 Å². The lowest BCUT2D eigenvalue weighted by Crippen LogP contribution is -1.91. The maximum Gasteiger partial charge on any atom is 0.161 e. The Labute approximate surface area is 95.8 Å². The molecule has 2 nitrogen and oxygen atoms in total. The van der Waals surface area contributed by atoms with Gasteiger partial charge in [0.05, 0.1) is 14.2 Å². The zero-order valence-electron chi connectivity index (χ0n) is 10.1. The van der Waals surface area contributed by atoms with Gasteiger partial charge in [0.2, 0.25) is 0 Å². The van der Waals surface area contributed by atoms with Crippen molar-refractivity contribution in [1.82, 2.24) is 0 Å². The number of hydrogen-bond acceptors (Lipinski definition) is 2. The fourth-order valence-corrected chi connectivity index (χ4v) is 2.06. The smallest absolute Gasteiger partial charge is 0.161 e. The molecule has 0 aliphatic heterocycles. The number of ether oxygens (including phenoxy) is 2. The highest BCUT2D eigenvalue weighted by molar-refractivity contribution is 5.89. The van der Waals surface area contributed by atoms with Crippen molar-refractivity contribution in [2.24, 2.45) is 0 Å². The Hall–Kier alpha value is -1.70. The first kappa shape index (κ1) is 10.8. The minimum absolute atomic E-state index is 0.778. The van der Waals surface area contributed by atoms with Gasteiger partial charge < -0.3 is 9.47 Å². The van der Waals surface area contributed by atoms with Gasteiger partial charge in [-0.05, 0) is 42.3 Å². The van der Waals surface area contributed by atoms with Crippen LogP contribution in [-0.4, -0.2) is 14.2 Å². The molecule has 0 radical (unpaired) electrons. The van der Waals surface area contributed by atoms with Crippen molar-refractivity contribution >= 4 is 10.8 Å². The third-order valence-electron chi connectivity index (χ3n) is 2.81. The van der Waals surface area contributed by atoms with Crippen molar-refractivity contribution in [2.75, 3.05) is 14.2 Å². The van der Waals surface area contributed by atoms with Crippen molar-refractivity contribution in [2.45, 2.75) is 13.8 Å². The second-order valence-corrected chi connectivity index (χ2v) is 4.01. The van der Waals surface area contributed by atoms with E-state index in [-0.39, 0.29) is 0 Å². The molecular formula is C14H16O2. The molecular weight excluding hydrogens is 200 g/mol. The molecule has 0 heterocycles. The number of hydrogen-bond donors (Lipinski definition) is 0. The van der Waals surface area contributed by atoms with E-state index in [9.17, 15) is 0 Å². The number of methoxy groups -OCH3 is 2. The molecule has 2 rings (SSSR count). The molecule has 2 heteroatoms. The molecule has 0 bridgehead atoms. The van der Waals surface area contributed by atoms with Gasteiger partial charge in [0, 0.05) is 0 Å². The van der Waals surface area contributed by atoms with Crippen LogP contribution in [0, 0.1) is 13.8 Å². The van der Waals surface area contributed by atoms with Crippen LogP contribution in [0.1, 0.15) is 11.1 Å². The molecule has 0 aliphatic rings. The lowest BCUT2D eigenvalue weighted by atomic mass is 10.0. The van der Waals surface area contributed by atoms with Crippen LogP contribution in [0.5, 0.6) is 11.5 Å². The molecule has 16 heavy (non-hydrogen) atoms. The average Bonchev–Trinajstić information content (AvgIpc) is 2.27. The van der Waals surface area contributed by atoms with Gasteiger partial charge in [0.25, 0.3) is 0 Å². The molecule has 0 atom stereocenters. The molecule has 0 N–H and O–H groups in total. The van der Waals surface area contributed by atoms with E-state index in [4.69, 9.17) is 9.47 Å². The number of rotatable bonds is 2. The minimum Gasteiger partial charge on any atom is -0.493 e. The third kappa shape index (κ3) is 1.71. The topological polar surface area (TPSA) is 18.5 Å². The summed E-state index contributed by atoms with van der Waals surface area (Å²) in [7, 11) is 3.32. The molecule has 2 aromatic carbocycles. The molecule has 0 aromatic heterocycles. The van der Waals surface area contributed by atoms with Gasteiger partial charge in [0.15, 0.2) is 11.5 Å². The summed E-state index contributed by atoms with van der Waals surface area (Å²) in [6.07, 6.45) is 0. The maximum absolute atomic E-state index is 5.30. The Balaban J connectivity index is 2.78. The van der Waals surface area contributed by atoms with Gasteiger partial charge >= 0.3 is 0 Å². The highest BCUT2D eigenvalue weighted by Crippen LogP contribution is 2.33. The summed E-state index contributed by atoms with van der Waals surface area (Å²) in [5.74, 6) is 1.56. The molecule has 84 valence electrons. The number of benzene rings is 2. The van der Waals surface area contributed by atoms with E-state index in [1.807, 2.05) is 12.1 Å². The summed E-state index contributed by atoms with van der Waals surface area (Å²) < 4.78 is 10.6. The molecule has 0 amide bonds. The summed E-state index contributed by atoms with van der Waals surface area (Å²) in [5, 5.41) is 2.40.